The van der Waals surface area contributed by atoms with Crippen molar-refractivity contribution >= 4 is 33.4 Å². The molecule has 0 unspecified atom stereocenters. The minimum absolute atomic E-state index is 0.0836. The number of amides is 2. The van der Waals surface area contributed by atoms with Crippen LogP contribution in [0.1, 0.15) is 6.42 Å². The third kappa shape index (κ3) is 4.20. The van der Waals surface area contributed by atoms with Crippen molar-refractivity contribution in [2.45, 2.75) is 12.6 Å². The van der Waals surface area contributed by atoms with Crippen molar-refractivity contribution in [2.24, 2.45) is 5.92 Å². The third-order valence-electron chi connectivity index (χ3n) is 3.10. The summed E-state index contributed by atoms with van der Waals surface area (Å²) in [7, 11) is 0. The van der Waals surface area contributed by atoms with Crippen LogP contribution in [0.3, 0.4) is 0 Å². The fourth-order valence-corrected chi connectivity index (χ4v) is 2.35. The number of anilines is 1. The van der Waals surface area contributed by atoms with E-state index in [4.69, 9.17) is 0 Å². The van der Waals surface area contributed by atoms with Crippen molar-refractivity contribution in [3.63, 3.8) is 0 Å². The van der Waals surface area contributed by atoms with Crippen molar-refractivity contribution in [3.05, 3.63) is 28.7 Å². The van der Waals surface area contributed by atoms with Gasteiger partial charge in [0.05, 0.1) is 5.92 Å². The van der Waals surface area contributed by atoms with E-state index >= 15 is 0 Å². The van der Waals surface area contributed by atoms with Crippen molar-refractivity contribution in [2.75, 3.05) is 18.0 Å². The second-order valence-electron chi connectivity index (χ2n) is 4.71. The summed E-state index contributed by atoms with van der Waals surface area (Å²) in [5.41, 5.74) is 0.620. The molecule has 1 N–H and O–H groups in total. The van der Waals surface area contributed by atoms with Crippen LogP contribution in [0.25, 0.3) is 0 Å². The van der Waals surface area contributed by atoms with Crippen molar-refractivity contribution < 1.29 is 22.8 Å². The molecule has 1 atom stereocenters. The van der Waals surface area contributed by atoms with E-state index in [9.17, 15) is 22.8 Å². The van der Waals surface area contributed by atoms with Crippen LogP contribution in [-0.4, -0.2) is 31.1 Å². The van der Waals surface area contributed by atoms with E-state index in [1.54, 1.807) is 24.3 Å². The second-order valence-corrected chi connectivity index (χ2v) is 5.63. The number of alkyl halides is 3. The zero-order chi connectivity index (χ0) is 15.6. The average Bonchev–Trinajstić information content (AvgIpc) is 2.78. The van der Waals surface area contributed by atoms with Crippen LogP contribution in [0.5, 0.6) is 0 Å². The number of nitrogens with one attached hydrogen (secondary N) is 1. The predicted molar refractivity (Wildman–Crippen MR) is 73.7 cm³/mol. The molecule has 1 aromatic carbocycles. The monoisotopic (exact) mass is 364 g/mol. The van der Waals surface area contributed by atoms with Crippen LogP contribution in [0.15, 0.2) is 28.7 Å². The Kier molecular flexibility index (Phi) is 4.55. The fourth-order valence-electron chi connectivity index (χ4n) is 2.09. The molecule has 0 spiro atoms. The van der Waals surface area contributed by atoms with Gasteiger partial charge in [-0.15, -0.1) is 0 Å². The number of carbonyl (C=O) groups excluding carboxylic acids is 2. The van der Waals surface area contributed by atoms with Gasteiger partial charge in [0, 0.05) is 23.1 Å². The summed E-state index contributed by atoms with van der Waals surface area (Å²) in [5.74, 6) is -1.78. The van der Waals surface area contributed by atoms with Gasteiger partial charge in [-0.05, 0) is 24.3 Å². The quantitative estimate of drug-likeness (QED) is 0.895. The van der Waals surface area contributed by atoms with E-state index in [1.807, 2.05) is 5.32 Å². The number of benzene rings is 1. The number of halogens is 4. The topological polar surface area (TPSA) is 49.4 Å². The molecule has 1 saturated heterocycles. The highest BCUT2D eigenvalue weighted by molar-refractivity contribution is 9.10. The Morgan fingerprint density at radius 3 is 2.52 bits per heavy atom. The molecule has 114 valence electrons. The molecule has 0 radical (unpaired) electrons. The highest BCUT2D eigenvalue weighted by atomic mass is 79.9. The fraction of sp³-hybridized carbons (Fsp3) is 0.385. The second kappa shape index (κ2) is 6.05. The molecule has 0 aliphatic carbocycles. The zero-order valence-electron chi connectivity index (χ0n) is 10.8. The van der Waals surface area contributed by atoms with E-state index in [2.05, 4.69) is 15.9 Å². The minimum atomic E-state index is -4.45. The van der Waals surface area contributed by atoms with E-state index in [-0.39, 0.29) is 18.9 Å². The van der Waals surface area contributed by atoms with Gasteiger partial charge in [-0.2, -0.15) is 13.2 Å². The maximum absolute atomic E-state index is 12.1. The number of carbonyl (C=O) groups is 2. The molecule has 0 saturated carbocycles. The first kappa shape index (κ1) is 15.8. The lowest BCUT2D eigenvalue weighted by molar-refractivity contribution is -0.140. The molecular formula is C13H12BrF3N2O2. The first-order valence-electron chi connectivity index (χ1n) is 6.16. The molecule has 4 nitrogen and oxygen atoms in total. The maximum atomic E-state index is 12.1. The summed E-state index contributed by atoms with van der Waals surface area (Å²) in [6.07, 6.45) is -4.54. The largest absolute Gasteiger partial charge is 0.405 e. The molecule has 0 aromatic heterocycles. The molecule has 2 rings (SSSR count). The Morgan fingerprint density at radius 2 is 1.95 bits per heavy atom. The van der Waals surface area contributed by atoms with Gasteiger partial charge in [0.15, 0.2) is 0 Å². The van der Waals surface area contributed by atoms with Crippen LogP contribution in [0.2, 0.25) is 0 Å². The summed E-state index contributed by atoms with van der Waals surface area (Å²) in [6, 6.07) is 6.91. The highest BCUT2D eigenvalue weighted by Crippen LogP contribution is 2.26. The lowest BCUT2D eigenvalue weighted by atomic mass is 10.1. The van der Waals surface area contributed by atoms with Gasteiger partial charge in [0.1, 0.15) is 6.54 Å². The lowest BCUT2D eigenvalue weighted by Gasteiger charge is -2.17. The van der Waals surface area contributed by atoms with Crippen molar-refractivity contribution in [1.82, 2.24) is 5.32 Å². The molecule has 1 aliphatic rings. The van der Waals surface area contributed by atoms with Crippen molar-refractivity contribution in [1.29, 1.82) is 0 Å². The Hall–Kier alpha value is -1.57. The van der Waals surface area contributed by atoms with Gasteiger partial charge in [-0.1, -0.05) is 15.9 Å². The molecule has 21 heavy (non-hydrogen) atoms. The van der Waals surface area contributed by atoms with Crippen LogP contribution >= 0.6 is 15.9 Å². The van der Waals surface area contributed by atoms with Crippen LogP contribution in [0, 0.1) is 5.92 Å². The third-order valence-corrected chi connectivity index (χ3v) is 3.63. The molecular weight excluding hydrogens is 353 g/mol. The van der Waals surface area contributed by atoms with Gasteiger partial charge < -0.3 is 10.2 Å². The van der Waals surface area contributed by atoms with Crippen LogP contribution in [-0.2, 0) is 9.59 Å². The van der Waals surface area contributed by atoms with Gasteiger partial charge in [-0.25, -0.2) is 0 Å². The predicted octanol–water partition coefficient (Wildman–Crippen LogP) is 2.48. The van der Waals surface area contributed by atoms with E-state index in [0.717, 1.165) is 4.47 Å². The lowest BCUT2D eigenvalue weighted by Crippen LogP contribution is -2.38. The van der Waals surface area contributed by atoms with E-state index in [1.165, 1.54) is 4.90 Å². The maximum Gasteiger partial charge on any atom is 0.405 e. The standard InChI is InChI=1S/C13H12BrF3N2O2/c14-9-1-3-10(4-2-9)19-6-8(5-11(19)20)12(21)18-7-13(15,16)17/h1-4,8H,5-7H2,(H,18,21)/t8-/m1/s1. The summed E-state index contributed by atoms with van der Waals surface area (Å²) < 4.78 is 37.0. The molecule has 0 bridgehead atoms. The Balaban J connectivity index is 1.99. The smallest absolute Gasteiger partial charge is 0.347 e. The first-order valence-corrected chi connectivity index (χ1v) is 6.96. The Bertz CT molecular complexity index is 545. The van der Waals surface area contributed by atoms with Gasteiger partial charge in [0.2, 0.25) is 11.8 Å². The minimum Gasteiger partial charge on any atom is -0.347 e. The summed E-state index contributed by atoms with van der Waals surface area (Å²) in [6.45, 7) is -1.29. The van der Waals surface area contributed by atoms with Crippen LogP contribution in [0.4, 0.5) is 18.9 Å². The average molecular weight is 365 g/mol. The normalized spacial score (nSPS) is 19.0. The molecule has 1 aliphatic heterocycles. The Morgan fingerprint density at radius 1 is 1.33 bits per heavy atom. The number of hydrogen-bond acceptors (Lipinski definition) is 2. The van der Waals surface area contributed by atoms with Gasteiger partial charge in [-0.3, -0.25) is 9.59 Å². The van der Waals surface area contributed by atoms with E-state index in [0.29, 0.717) is 5.69 Å². The van der Waals surface area contributed by atoms with Gasteiger partial charge >= 0.3 is 6.18 Å². The molecule has 1 fully saturated rings. The Labute approximate surface area is 127 Å². The molecule has 1 heterocycles. The highest BCUT2D eigenvalue weighted by Gasteiger charge is 2.36. The molecule has 2 amide bonds. The number of rotatable bonds is 3. The first-order chi connectivity index (χ1) is 9.76. The molecule has 8 heteroatoms. The number of hydrogen-bond donors (Lipinski definition) is 1. The summed E-state index contributed by atoms with van der Waals surface area (Å²) in [5, 5.41) is 1.82. The number of nitrogens with zero attached hydrogens (tertiary/aromatic N) is 1. The van der Waals surface area contributed by atoms with Crippen molar-refractivity contribution in [3.8, 4) is 0 Å². The molecule has 1 aromatic rings. The summed E-state index contributed by atoms with van der Waals surface area (Å²) in [4.78, 5) is 25.0. The van der Waals surface area contributed by atoms with Crippen LogP contribution < -0.4 is 10.2 Å². The SMILES string of the molecule is O=C(NCC(F)(F)F)[C@@H]1CC(=O)N(c2ccc(Br)cc2)C1. The van der Waals surface area contributed by atoms with E-state index < -0.39 is 24.5 Å². The summed E-state index contributed by atoms with van der Waals surface area (Å²) >= 11 is 3.27. The van der Waals surface area contributed by atoms with Gasteiger partial charge in [0.25, 0.3) is 0 Å². The zero-order valence-corrected chi connectivity index (χ0v) is 12.4.